The predicted molar refractivity (Wildman–Crippen MR) is 169 cm³/mol. The average Bonchev–Trinajstić information content (AvgIpc) is 3.04. The Morgan fingerprint density at radius 3 is 2.47 bits per heavy atom. The number of carbonyl (C=O) groups is 2. The molecule has 0 saturated carbocycles. The Hall–Kier alpha value is -5.11. The van der Waals surface area contributed by atoms with Crippen LogP contribution < -0.4 is 25.4 Å². The molecule has 43 heavy (non-hydrogen) atoms. The second-order valence-electron chi connectivity index (χ2n) is 11.1. The second kappa shape index (κ2) is 12.0. The number of benzene rings is 3. The number of pyridine rings is 1. The molecule has 0 radical (unpaired) electrons. The minimum Gasteiger partial charge on any atom is -0.497 e. The van der Waals surface area contributed by atoms with Crippen molar-refractivity contribution in [3.8, 4) is 5.75 Å². The van der Waals surface area contributed by atoms with E-state index in [1.807, 2.05) is 59.2 Å². The molecule has 0 aliphatic carbocycles. The molecule has 3 heterocycles. The molecule has 1 aromatic heterocycles. The number of ether oxygens (including phenoxy) is 1. The van der Waals surface area contributed by atoms with Gasteiger partial charge in [-0.25, -0.2) is 0 Å². The summed E-state index contributed by atoms with van der Waals surface area (Å²) in [4.78, 5) is 43.8. The summed E-state index contributed by atoms with van der Waals surface area (Å²) in [6.45, 7) is 6.29. The van der Waals surface area contributed by atoms with E-state index in [1.165, 1.54) is 0 Å². The number of fused-ring (bicyclic) bond motifs is 4. The van der Waals surface area contributed by atoms with E-state index in [4.69, 9.17) is 4.74 Å². The van der Waals surface area contributed by atoms with E-state index in [9.17, 15) is 14.4 Å². The summed E-state index contributed by atoms with van der Waals surface area (Å²) < 4.78 is 7.15. The number of anilines is 3. The topological polar surface area (TPSA) is 83.9 Å². The number of para-hydroxylation sites is 1. The minimum absolute atomic E-state index is 0.0402. The van der Waals surface area contributed by atoms with Crippen LogP contribution in [0, 0.1) is 5.92 Å². The van der Waals surface area contributed by atoms with E-state index in [-0.39, 0.29) is 23.3 Å². The van der Waals surface area contributed by atoms with Crippen LogP contribution in [-0.2, 0) is 6.54 Å². The van der Waals surface area contributed by atoms with Gasteiger partial charge in [0.15, 0.2) is 0 Å². The molecule has 2 atom stereocenters. The molecule has 2 aliphatic rings. The quantitative estimate of drug-likeness (QED) is 0.279. The molecule has 3 aromatic carbocycles. The first kappa shape index (κ1) is 28.0. The number of nitrogens with zero attached hydrogens (tertiary/aromatic N) is 3. The van der Waals surface area contributed by atoms with Gasteiger partial charge in [0.25, 0.3) is 17.4 Å². The monoisotopic (exact) mass is 574 g/mol. The van der Waals surface area contributed by atoms with Crippen LogP contribution in [-0.4, -0.2) is 43.1 Å². The molecular weight excluding hydrogens is 540 g/mol. The van der Waals surface area contributed by atoms with Crippen LogP contribution in [0.1, 0.15) is 38.7 Å². The Kier molecular flexibility index (Phi) is 7.83. The molecule has 1 fully saturated rings. The molecule has 2 bridgehead atoms. The molecule has 6 rings (SSSR count). The highest BCUT2D eigenvalue weighted by Gasteiger charge is 2.35. The van der Waals surface area contributed by atoms with Crippen molar-refractivity contribution in [1.29, 1.82) is 0 Å². The summed E-state index contributed by atoms with van der Waals surface area (Å²) in [6, 6.07) is 27.4. The third-order valence-corrected chi connectivity index (χ3v) is 8.29. The number of amides is 2. The zero-order valence-electron chi connectivity index (χ0n) is 24.1. The summed E-state index contributed by atoms with van der Waals surface area (Å²) >= 11 is 0. The second-order valence-corrected chi connectivity index (χ2v) is 11.1. The normalized spacial score (nSPS) is 17.0. The maximum absolute atomic E-state index is 13.8. The Labute approximate surface area is 250 Å². The van der Waals surface area contributed by atoms with Crippen LogP contribution in [0.5, 0.6) is 5.75 Å². The smallest absolute Gasteiger partial charge is 0.258 e. The average molecular weight is 575 g/mol. The van der Waals surface area contributed by atoms with Gasteiger partial charge in [-0.05, 0) is 73.0 Å². The van der Waals surface area contributed by atoms with E-state index >= 15 is 0 Å². The molecule has 2 aliphatic heterocycles. The van der Waals surface area contributed by atoms with E-state index in [0.717, 1.165) is 30.0 Å². The Balaban J connectivity index is 1.36. The number of methoxy groups -OCH3 is 1. The number of aromatic nitrogens is 1. The Bertz CT molecular complexity index is 1710. The summed E-state index contributed by atoms with van der Waals surface area (Å²) in [5, 5.41) is 3.09. The number of carbonyl (C=O) groups excluding carboxylic acids is 2. The molecule has 218 valence electrons. The fourth-order valence-electron chi connectivity index (χ4n) is 6.27. The van der Waals surface area contributed by atoms with Crippen LogP contribution in [0.3, 0.4) is 0 Å². The van der Waals surface area contributed by atoms with Gasteiger partial charge in [-0.2, -0.15) is 0 Å². The van der Waals surface area contributed by atoms with Crippen molar-refractivity contribution in [1.82, 2.24) is 4.57 Å². The first-order valence-electron chi connectivity index (χ1n) is 14.5. The number of rotatable bonds is 8. The van der Waals surface area contributed by atoms with Gasteiger partial charge in [-0.15, -0.1) is 6.58 Å². The van der Waals surface area contributed by atoms with Crippen molar-refractivity contribution >= 4 is 28.9 Å². The summed E-state index contributed by atoms with van der Waals surface area (Å²) in [5.74, 6) is 0.662. The molecule has 0 spiro atoms. The molecule has 2 amide bonds. The molecule has 8 nitrogen and oxygen atoms in total. The summed E-state index contributed by atoms with van der Waals surface area (Å²) in [5.41, 5.74) is 4.18. The number of hydrogen-bond donors (Lipinski definition) is 1. The number of nitrogens with one attached hydrogen (secondary N) is 1. The third-order valence-electron chi connectivity index (χ3n) is 8.29. The highest BCUT2D eigenvalue weighted by atomic mass is 16.5. The molecule has 8 heteroatoms. The summed E-state index contributed by atoms with van der Waals surface area (Å²) in [6.07, 6.45) is 2.71. The van der Waals surface area contributed by atoms with Gasteiger partial charge in [0.05, 0.1) is 18.5 Å². The van der Waals surface area contributed by atoms with Gasteiger partial charge in [-0.3, -0.25) is 14.4 Å². The fraction of sp³-hybridized carbons (Fsp3) is 0.229. The number of hydrogen-bond acceptors (Lipinski definition) is 5. The van der Waals surface area contributed by atoms with Crippen molar-refractivity contribution in [3.63, 3.8) is 0 Å². The lowest BCUT2D eigenvalue weighted by atomic mass is 9.83. The summed E-state index contributed by atoms with van der Waals surface area (Å²) in [7, 11) is 1.58. The lowest BCUT2D eigenvalue weighted by molar-refractivity contribution is 0.0987. The van der Waals surface area contributed by atoms with Gasteiger partial charge < -0.3 is 24.4 Å². The molecule has 4 aromatic rings. The Morgan fingerprint density at radius 1 is 0.953 bits per heavy atom. The molecular formula is C35H34N4O4. The largest absolute Gasteiger partial charge is 0.497 e. The third kappa shape index (κ3) is 5.68. The van der Waals surface area contributed by atoms with E-state index in [0.29, 0.717) is 48.1 Å². The first-order chi connectivity index (χ1) is 20.9. The zero-order valence-corrected chi connectivity index (χ0v) is 24.1. The number of piperidine rings is 1. The SMILES string of the molecule is C=CCN(C(=O)c1ccc(N2CC3CC(C2)c2cccc(=O)n2C3)c(NC(=O)c2ccc(OC)cc2)c1)c1ccccc1. The maximum atomic E-state index is 13.8. The van der Waals surface area contributed by atoms with Crippen molar-refractivity contribution in [2.24, 2.45) is 5.92 Å². The lowest BCUT2D eigenvalue weighted by Crippen LogP contribution is -2.47. The van der Waals surface area contributed by atoms with Gasteiger partial charge >= 0.3 is 0 Å². The van der Waals surface area contributed by atoms with Crippen LogP contribution >= 0.6 is 0 Å². The van der Waals surface area contributed by atoms with Crippen LogP contribution in [0.4, 0.5) is 17.1 Å². The van der Waals surface area contributed by atoms with Gasteiger partial charge in [-0.1, -0.05) is 30.3 Å². The van der Waals surface area contributed by atoms with E-state index in [2.05, 4.69) is 16.8 Å². The first-order valence-corrected chi connectivity index (χ1v) is 14.5. The Morgan fingerprint density at radius 2 is 1.72 bits per heavy atom. The van der Waals surface area contributed by atoms with Crippen LogP contribution in [0.25, 0.3) is 0 Å². The standard InChI is InChI=1S/C35H34N4O4/c1-3-18-38(28-8-5-4-6-9-28)35(42)26-14-17-32(30(20-26)36-34(41)25-12-15-29(43-2)16-13-25)37-21-24-19-27(23-37)31-10-7-11-33(40)39(31)22-24/h3-17,20,24,27H,1,18-19,21-23H2,2H3,(H,36,41). The molecule has 1 saturated heterocycles. The van der Waals surface area contributed by atoms with Crippen LogP contribution in [0.15, 0.2) is 108 Å². The lowest BCUT2D eigenvalue weighted by Gasteiger charge is -2.44. The maximum Gasteiger partial charge on any atom is 0.258 e. The van der Waals surface area contributed by atoms with Crippen molar-refractivity contribution in [2.45, 2.75) is 18.9 Å². The van der Waals surface area contributed by atoms with E-state index in [1.54, 1.807) is 54.5 Å². The highest BCUT2D eigenvalue weighted by Crippen LogP contribution is 2.39. The van der Waals surface area contributed by atoms with Gasteiger partial charge in [0, 0.05) is 60.7 Å². The van der Waals surface area contributed by atoms with Gasteiger partial charge in [0.2, 0.25) is 0 Å². The predicted octanol–water partition coefficient (Wildman–Crippen LogP) is 5.57. The fourth-order valence-corrected chi connectivity index (χ4v) is 6.27. The minimum atomic E-state index is -0.284. The van der Waals surface area contributed by atoms with Gasteiger partial charge in [0.1, 0.15) is 5.75 Å². The van der Waals surface area contributed by atoms with Crippen molar-refractivity contribution < 1.29 is 14.3 Å². The van der Waals surface area contributed by atoms with Crippen LogP contribution in [0.2, 0.25) is 0 Å². The van der Waals surface area contributed by atoms with E-state index < -0.39 is 0 Å². The highest BCUT2D eigenvalue weighted by molar-refractivity contribution is 6.10. The van der Waals surface area contributed by atoms with Crippen molar-refractivity contribution in [2.75, 3.05) is 41.9 Å². The molecule has 2 unspecified atom stereocenters. The van der Waals surface area contributed by atoms with Crippen molar-refractivity contribution in [3.05, 3.63) is 131 Å². The molecule has 1 N–H and O–H groups in total. The zero-order chi connectivity index (χ0) is 29.9.